The van der Waals surface area contributed by atoms with Crippen LogP contribution in [0.25, 0.3) is 10.8 Å². The maximum atomic E-state index is 12.2. The van der Waals surface area contributed by atoms with Crippen molar-refractivity contribution < 1.29 is 4.79 Å². The Labute approximate surface area is 125 Å². The monoisotopic (exact) mass is 282 g/mol. The molecule has 0 aromatic heterocycles. The highest BCUT2D eigenvalue weighted by Gasteiger charge is 2.20. The van der Waals surface area contributed by atoms with E-state index in [2.05, 4.69) is 35.3 Å². The molecule has 0 radical (unpaired) electrons. The van der Waals surface area contributed by atoms with Crippen LogP contribution in [0, 0.1) is 0 Å². The third kappa shape index (κ3) is 3.42. The van der Waals surface area contributed by atoms with E-state index < -0.39 is 0 Å². The van der Waals surface area contributed by atoms with Gasteiger partial charge in [0, 0.05) is 11.7 Å². The molecule has 3 nitrogen and oxygen atoms in total. The zero-order valence-electron chi connectivity index (χ0n) is 12.5. The van der Waals surface area contributed by atoms with Crippen molar-refractivity contribution in [1.82, 2.24) is 4.90 Å². The van der Waals surface area contributed by atoms with Crippen molar-refractivity contribution in [3.05, 3.63) is 42.5 Å². The molecule has 0 aliphatic carbocycles. The SMILES string of the molecule is C[C@@H]1CCCCN1CC(=O)Nc1ccc2ccccc2c1. The second kappa shape index (κ2) is 6.27. The standard InChI is InChI=1S/C18H22N2O/c1-14-6-4-5-11-20(14)13-18(21)19-17-10-9-15-7-2-3-8-16(15)12-17/h2-3,7-10,12,14H,4-6,11,13H2,1H3,(H,19,21)/t14-/m1/s1. The number of nitrogens with one attached hydrogen (secondary N) is 1. The van der Waals surface area contributed by atoms with Crippen molar-refractivity contribution in [2.24, 2.45) is 0 Å². The lowest BCUT2D eigenvalue weighted by Gasteiger charge is -2.32. The van der Waals surface area contributed by atoms with Crippen molar-refractivity contribution in [3.8, 4) is 0 Å². The number of anilines is 1. The van der Waals surface area contributed by atoms with Crippen LogP contribution in [-0.2, 0) is 4.79 Å². The number of nitrogens with zero attached hydrogens (tertiary/aromatic N) is 1. The summed E-state index contributed by atoms with van der Waals surface area (Å²) in [6.07, 6.45) is 3.68. The summed E-state index contributed by atoms with van der Waals surface area (Å²) in [5, 5.41) is 5.37. The van der Waals surface area contributed by atoms with E-state index in [4.69, 9.17) is 0 Å². The van der Waals surface area contributed by atoms with E-state index in [0.717, 1.165) is 17.6 Å². The summed E-state index contributed by atoms with van der Waals surface area (Å²) in [5.74, 6) is 0.0824. The average Bonchev–Trinajstić information content (AvgIpc) is 2.49. The fourth-order valence-electron chi connectivity index (χ4n) is 3.04. The molecule has 1 aliphatic heterocycles. The zero-order chi connectivity index (χ0) is 14.7. The number of piperidine rings is 1. The largest absolute Gasteiger partial charge is 0.325 e. The van der Waals surface area contributed by atoms with Crippen LogP contribution in [0.4, 0.5) is 5.69 Å². The Hall–Kier alpha value is -1.87. The molecule has 1 N–H and O–H groups in total. The highest BCUT2D eigenvalue weighted by Crippen LogP contribution is 2.19. The van der Waals surface area contributed by atoms with Crippen molar-refractivity contribution in [2.45, 2.75) is 32.2 Å². The lowest BCUT2D eigenvalue weighted by atomic mass is 10.0. The lowest BCUT2D eigenvalue weighted by Crippen LogP contribution is -2.42. The number of rotatable bonds is 3. The summed E-state index contributed by atoms with van der Waals surface area (Å²) < 4.78 is 0. The molecular weight excluding hydrogens is 260 g/mol. The van der Waals surface area contributed by atoms with Crippen LogP contribution >= 0.6 is 0 Å². The number of hydrogen-bond acceptors (Lipinski definition) is 2. The lowest BCUT2D eigenvalue weighted by molar-refractivity contribution is -0.118. The second-order valence-corrected chi connectivity index (χ2v) is 5.93. The van der Waals surface area contributed by atoms with Crippen LogP contribution in [0.3, 0.4) is 0 Å². The predicted octanol–water partition coefficient (Wildman–Crippen LogP) is 3.65. The number of carbonyl (C=O) groups excluding carboxylic acids is 1. The van der Waals surface area contributed by atoms with Gasteiger partial charge in [-0.2, -0.15) is 0 Å². The van der Waals surface area contributed by atoms with Gasteiger partial charge in [-0.05, 0) is 49.2 Å². The maximum Gasteiger partial charge on any atom is 0.238 e. The van der Waals surface area contributed by atoms with E-state index in [-0.39, 0.29) is 5.91 Å². The number of benzene rings is 2. The Morgan fingerprint density at radius 2 is 2.00 bits per heavy atom. The molecule has 110 valence electrons. The fraction of sp³-hybridized carbons (Fsp3) is 0.389. The summed E-state index contributed by atoms with van der Waals surface area (Å²) in [5.41, 5.74) is 0.878. The van der Waals surface area contributed by atoms with Gasteiger partial charge in [0.2, 0.25) is 5.91 Å². The topological polar surface area (TPSA) is 32.3 Å². The van der Waals surface area contributed by atoms with Crippen molar-refractivity contribution >= 4 is 22.4 Å². The first kappa shape index (κ1) is 14.1. The van der Waals surface area contributed by atoms with Crippen molar-refractivity contribution in [1.29, 1.82) is 0 Å². The molecule has 0 spiro atoms. The van der Waals surface area contributed by atoms with E-state index in [1.54, 1.807) is 0 Å². The molecule has 1 atom stereocenters. The Morgan fingerprint density at radius 1 is 1.19 bits per heavy atom. The molecule has 0 unspecified atom stereocenters. The number of fused-ring (bicyclic) bond motifs is 1. The highest BCUT2D eigenvalue weighted by atomic mass is 16.2. The van der Waals surface area contributed by atoms with E-state index >= 15 is 0 Å². The van der Waals surface area contributed by atoms with E-state index in [9.17, 15) is 4.79 Å². The maximum absolute atomic E-state index is 12.2. The minimum absolute atomic E-state index is 0.0824. The molecule has 1 heterocycles. The molecule has 2 aromatic rings. The molecular formula is C18H22N2O. The van der Waals surface area contributed by atoms with Gasteiger partial charge in [-0.1, -0.05) is 36.8 Å². The predicted molar refractivity (Wildman–Crippen MR) is 87.5 cm³/mol. The Balaban J connectivity index is 1.65. The Morgan fingerprint density at radius 3 is 2.81 bits per heavy atom. The van der Waals surface area contributed by atoms with Gasteiger partial charge in [-0.15, -0.1) is 0 Å². The molecule has 3 heteroatoms. The third-order valence-corrected chi connectivity index (χ3v) is 4.32. The van der Waals surface area contributed by atoms with Gasteiger partial charge in [0.05, 0.1) is 6.54 Å². The number of amides is 1. The molecule has 0 saturated carbocycles. The van der Waals surface area contributed by atoms with Crippen LogP contribution in [0.1, 0.15) is 26.2 Å². The Kier molecular flexibility index (Phi) is 4.20. The number of likely N-dealkylation sites (tertiary alicyclic amines) is 1. The summed E-state index contributed by atoms with van der Waals surface area (Å²) >= 11 is 0. The van der Waals surface area contributed by atoms with Crippen LogP contribution in [0.15, 0.2) is 42.5 Å². The molecule has 1 fully saturated rings. The minimum atomic E-state index is 0.0824. The first-order chi connectivity index (χ1) is 10.2. The molecule has 1 aliphatic rings. The Bertz CT molecular complexity index is 638. The van der Waals surface area contributed by atoms with Gasteiger partial charge in [-0.25, -0.2) is 0 Å². The van der Waals surface area contributed by atoms with Crippen LogP contribution < -0.4 is 5.32 Å². The summed E-state index contributed by atoms with van der Waals surface area (Å²) in [6.45, 7) is 3.74. The van der Waals surface area contributed by atoms with E-state index in [1.165, 1.54) is 24.6 Å². The highest BCUT2D eigenvalue weighted by molar-refractivity contribution is 5.95. The molecule has 3 rings (SSSR count). The zero-order valence-corrected chi connectivity index (χ0v) is 12.5. The smallest absolute Gasteiger partial charge is 0.238 e. The number of carbonyl (C=O) groups is 1. The fourth-order valence-corrected chi connectivity index (χ4v) is 3.04. The van der Waals surface area contributed by atoms with Crippen LogP contribution in [-0.4, -0.2) is 29.9 Å². The molecule has 0 bridgehead atoms. The van der Waals surface area contributed by atoms with Gasteiger partial charge >= 0.3 is 0 Å². The number of hydrogen-bond donors (Lipinski definition) is 1. The van der Waals surface area contributed by atoms with Crippen molar-refractivity contribution in [3.63, 3.8) is 0 Å². The minimum Gasteiger partial charge on any atom is -0.325 e. The summed E-state index contributed by atoms with van der Waals surface area (Å²) in [7, 11) is 0. The third-order valence-electron chi connectivity index (χ3n) is 4.32. The van der Waals surface area contributed by atoms with E-state index in [1.807, 2.05) is 24.3 Å². The molecule has 1 saturated heterocycles. The van der Waals surface area contributed by atoms with Crippen LogP contribution in [0.5, 0.6) is 0 Å². The van der Waals surface area contributed by atoms with Crippen molar-refractivity contribution in [2.75, 3.05) is 18.4 Å². The molecule has 21 heavy (non-hydrogen) atoms. The van der Waals surface area contributed by atoms with Gasteiger partial charge in [0.15, 0.2) is 0 Å². The summed E-state index contributed by atoms with van der Waals surface area (Å²) in [6, 6.07) is 14.8. The van der Waals surface area contributed by atoms with E-state index in [0.29, 0.717) is 12.6 Å². The summed E-state index contributed by atoms with van der Waals surface area (Å²) in [4.78, 5) is 14.5. The molecule has 2 aromatic carbocycles. The average molecular weight is 282 g/mol. The van der Waals surface area contributed by atoms with Gasteiger partial charge < -0.3 is 5.32 Å². The van der Waals surface area contributed by atoms with Gasteiger partial charge in [0.25, 0.3) is 0 Å². The quantitative estimate of drug-likeness (QED) is 0.932. The first-order valence-electron chi connectivity index (χ1n) is 7.75. The second-order valence-electron chi connectivity index (χ2n) is 5.93. The van der Waals surface area contributed by atoms with Gasteiger partial charge in [-0.3, -0.25) is 9.69 Å². The normalized spacial score (nSPS) is 19.6. The molecule has 1 amide bonds. The van der Waals surface area contributed by atoms with Gasteiger partial charge in [0.1, 0.15) is 0 Å². The van der Waals surface area contributed by atoms with Crippen LogP contribution in [0.2, 0.25) is 0 Å². The first-order valence-corrected chi connectivity index (χ1v) is 7.75.